The number of carbonyl (C=O) groups is 1. The van der Waals surface area contributed by atoms with Gasteiger partial charge in [-0.2, -0.15) is 0 Å². The van der Waals surface area contributed by atoms with Gasteiger partial charge in [-0.1, -0.05) is 12.1 Å². The van der Waals surface area contributed by atoms with Gasteiger partial charge in [-0.15, -0.1) is 11.3 Å². The van der Waals surface area contributed by atoms with E-state index in [4.69, 9.17) is 0 Å². The van der Waals surface area contributed by atoms with Crippen molar-refractivity contribution in [3.05, 3.63) is 70.4 Å². The number of amides is 1. The molecule has 1 aliphatic heterocycles. The SMILES string of the molecule is Cc1nc(C(=O)N2CCCC[C@@H]2Cc2nc3c(F)cc(F)cc3[nH]2)c(-c2ccc(F)cc2)s1. The molecule has 1 N–H and O–H groups in total. The summed E-state index contributed by atoms with van der Waals surface area (Å²) in [7, 11) is 0. The van der Waals surface area contributed by atoms with E-state index in [2.05, 4.69) is 15.0 Å². The molecule has 9 heteroatoms. The first-order chi connectivity index (χ1) is 15.9. The Kier molecular flexibility index (Phi) is 5.65. The van der Waals surface area contributed by atoms with Gasteiger partial charge < -0.3 is 9.88 Å². The van der Waals surface area contributed by atoms with E-state index in [1.165, 1.54) is 29.5 Å². The fourth-order valence-electron chi connectivity index (χ4n) is 4.40. The predicted octanol–water partition coefficient (Wildman–Crippen LogP) is 5.65. The van der Waals surface area contributed by atoms with Crippen molar-refractivity contribution in [1.29, 1.82) is 0 Å². The number of likely N-dealkylation sites (tertiary alicyclic amines) is 1. The van der Waals surface area contributed by atoms with Crippen LogP contribution in [0.5, 0.6) is 0 Å². The number of piperidine rings is 1. The summed E-state index contributed by atoms with van der Waals surface area (Å²) in [6, 6.07) is 7.90. The number of aromatic nitrogens is 3. The fraction of sp³-hybridized carbons (Fsp3) is 0.292. The summed E-state index contributed by atoms with van der Waals surface area (Å²) in [5.74, 6) is -1.40. The Hall–Kier alpha value is -3.20. The Morgan fingerprint density at radius 2 is 1.91 bits per heavy atom. The molecule has 4 aromatic rings. The Balaban J connectivity index is 1.44. The molecule has 33 heavy (non-hydrogen) atoms. The zero-order chi connectivity index (χ0) is 23.1. The number of imidazole rings is 1. The third kappa shape index (κ3) is 4.25. The monoisotopic (exact) mass is 470 g/mol. The number of aryl methyl sites for hydroxylation is 1. The third-order valence-electron chi connectivity index (χ3n) is 5.91. The highest BCUT2D eigenvalue weighted by atomic mass is 32.1. The van der Waals surface area contributed by atoms with E-state index < -0.39 is 11.6 Å². The van der Waals surface area contributed by atoms with E-state index in [9.17, 15) is 18.0 Å². The van der Waals surface area contributed by atoms with E-state index >= 15 is 0 Å². The predicted molar refractivity (Wildman–Crippen MR) is 121 cm³/mol. The van der Waals surface area contributed by atoms with E-state index in [0.29, 0.717) is 34.9 Å². The van der Waals surface area contributed by atoms with Gasteiger partial charge in [-0.3, -0.25) is 4.79 Å². The van der Waals surface area contributed by atoms with Crippen molar-refractivity contribution in [2.24, 2.45) is 0 Å². The Morgan fingerprint density at radius 3 is 2.70 bits per heavy atom. The zero-order valence-electron chi connectivity index (χ0n) is 17.9. The highest BCUT2D eigenvalue weighted by Crippen LogP contribution is 2.33. The van der Waals surface area contributed by atoms with E-state index in [1.54, 1.807) is 17.0 Å². The minimum Gasteiger partial charge on any atom is -0.342 e. The number of carbonyl (C=O) groups excluding carboxylic acids is 1. The molecule has 1 fully saturated rings. The van der Waals surface area contributed by atoms with Gasteiger partial charge >= 0.3 is 0 Å². The molecule has 2 aromatic carbocycles. The minimum absolute atomic E-state index is 0.0915. The average molecular weight is 471 g/mol. The molecule has 1 atom stereocenters. The van der Waals surface area contributed by atoms with Crippen LogP contribution >= 0.6 is 11.3 Å². The molecule has 0 radical (unpaired) electrons. The van der Waals surface area contributed by atoms with Gasteiger partial charge in [0.25, 0.3) is 5.91 Å². The molecule has 0 aliphatic carbocycles. The smallest absolute Gasteiger partial charge is 0.274 e. The number of thiazole rings is 1. The van der Waals surface area contributed by atoms with Crippen LogP contribution in [0.4, 0.5) is 13.2 Å². The van der Waals surface area contributed by atoms with Crippen LogP contribution in [-0.2, 0) is 6.42 Å². The molecule has 1 amide bonds. The van der Waals surface area contributed by atoms with Crippen LogP contribution < -0.4 is 0 Å². The maximum atomic E-state index is 14.1. The van der Waals surface area contributed by atoms with Gasteiger partial charge in [0.15, 0.2) is 5.82 Å². The van der Waals surface area contributed by atoms with Crippen molar-refractivity contribution in [3.8, 4) is 10.4 Å². The van der Waals surface area contributed by atoms with Crippen LogP contribution in [0.25, 0.3) is 21.5 Å². The summed E-state index contributed by atoms with van der Waals surface area (Å²) in [5.41, 5.74) is 1.49. The normalized spacial score (nSPS) is 16.5. The number of nitrogens with one attached hydrogen (secondary N) is 1. The first-order valence-electron chi connectivity index (χ1n) is 10.8. The number of hydrogen-bond acceptors (Lipinski definition) is 4. The van der Waals surface area contributed by atoms with Crippen LogP contribution in [0, 0.1) is 24.4 Å². The molecular formula is C24H21F3N4OS. The molecule has 1 aliphatic rings. The van der Waals surface area contributed by atoms with Gasteiger partial charge in [0.1, 0.15) is 28.7 Å². The van der Waals surface area contributed by atoms with Gasteiger partial charge in [0.05, 0.1) is 15.4 Å². The molecule has 0 spiro atoms. The van der Waals surface area contributed by atoms with Crippen molar-refractivity contribution in [3.63, 3.8) is 0 Å². The molecule has 2 aromatic heterocycles. The fourth-order valence-corrected chi connectivity index (χ4v) is 5.31. The molecule has 5 rings (SSSR count). The lowest BCUT2D eigenvalue weighted by molar-refractivity contribution is 0.0607. The number of hydrogen-bond donors (Lipinski definition) is 1. The number of nitrogens with zero attached hydrogens (tertiary/aromatic N) is 3. The summed E-state index contributed by atoms with van der Waals surface area (Å²) >= 11 is 1.40. The van der Waals surface area contributed by atoms with Crippen molar-refractivity contribution in [2.45, 2.75) is 38.6 Å². The molecule has 5 nitrogen and oxygen atoms in total. The summed E-state index contributed by atoms with van der Waals surface area (Å²) < 4.78 is 41.0. The third-order valence-corrected chi connectivity index (χ3v) is 6.93. The van der Waals surface area contributed by atoms with Crippen LogP contribution in [-0.4, -0.2) is 38.3 Å². The number of fused-ring (bicyclic) bond motifs is 1. The van der Waals surface area contributed by atoms with Crippen molar-refractivity contribution in [1.82, 2.24) is 19.9 Å². The molecule has 170 valence electrons. The first-order valence-corrected chi connectivity index (χ1v) is 11.6. The van der Waals surface area contributed by atoms with Gasteiger partial charge in [-0.25, -0.2) is 23.1 Å². The summed E-state index contributed by atoms with van der Waals surface area (Å²) in [6.07, 6.45) is 3.00. The number of aromatic amines is 1. The van der Waals surface area contributed by atoms with Gasteiger partial charge in [-0.05, 0) is 49.9 Å². The summed E-state index contributed by atoms with van der Waals surface area (Å²) in [4.78, 5) is 27.9. The van der Waals surface area contributed by atoms with Crippen LogP contribution in [0.1, 0.15) is 40.6 Å². The largest absolute Gasteiger partial charge is 0.342 e. The number of rotatable bonds is 4. The molecular weight excluding hydrogens is 449 g/mol. The van der Waals surface area contributed by atoms with Crippen molar-refractivity contribution >= 4 is 28.3 Å². The highest BCUT2D eigenvalue weighted by Gasteiger charge is 2.31. The lowest BCUT2D eigenvalue weighted by Crippen LogP contribution is -2.45. The van der Waals surface area contributed by atoms with Crippen LogP contribution in [0.3, 0.4) is 0 Å². The van der Waals surface area contributed by atoms with E-state index in [0.717, 1.165) is 35.9 Å². The molecule has 1 saturated heterocycles. The second-order valence-electron chi connectivity index (χ2n) is 8.24. The first kappa shape index (κ1) is 21.6. The topological polar surface area (TPSA) is 61.9 Å². The minimum atomic E-state index is -0.717. The molecule has 0 unspecified atom stereocenters. The van der Waals surface area contributed by atoms with Gasteiger partial charge in [0, 0.05) is 25.1 Å². The second-order valence-corrected chi connectivity index (χ2v) is 9.44. The Morgan fingerprint density at radius 1 is 1.12 bits per heavy atom. The second kappa shape index (κ2) is 8.62. The van der Waals surface area contributed by atoms with E-state index in [1.807, 2.05) is 6.92 Å². The quantitative estimate of drug-likeness (QED) is 0.419. The summed E-state index contributed by atoms with van der Waals surface area (Å²) in [5, 5.41) is 0.751. The van der Waals surface area contributed by atoms with Crippen LogP contribution in [0.2, 0.25) is 0 Å². The lowest BCUT2D eigenvalue weighted by Gasteiger charge is -2.35. The number of benzene rings is 2. The molecule has 0 bridgehead atoms. The summed E-state index contributed by atoms with van der Waals surface area (Å²) in [6.45, 7) is 2.41. The van der Waals surface area contributed by atoms with Gasteiger partial charge in [0.2, 0.25) is 0 Å². The highest BCUT2D eigenvalue weighted by molar-refractivity contribution is 7.15. The number of halogens is 3. The standard InChI is InChI=1S/C24H21F3N4OS/c1-13-28-22(23(33-13)14-5-7-15(25)8-6-14)24(32)31-9-3-2-4-17(31)12-20-29-19-11-16(26)10-18(27)21(19)30-20/h5-8,10-11,17H,2-4,9,12H2,1H3,(H,29,30)/t17-/m1/s1. The maximum Gasteiger partial charge on any atom is 0.274 e. The van der Waals surface area contributed by atoms with E-state index in [-0.39, 0.29) is 23.3 Å². The van der Waals surface area contributed by atoms with Crippen molar-refractivity contribution < 1.29 is 18.0 Å². The zero-order valence-corrected chi connectivity index (χ0v) is 18.7. The van der Waals surface area contributed by atoms with Crippen LogP contribution in [0.15, 0.2) is 36.4 Å². The lowest BCUT2D eigenvalue weighted by atomic mass is 9.98. The van der Waals surface area contributed by atoms with Crippen molar-refractivity contribution in [2.75, 3.05) is 6.54 Å². The molecule has 0 saturated carbocycles. The molecule has 3 heterocycles. The Labute approximate surface area is 192 Å². The Bertz CT molecular complexity index is 1330. The average Bonchev–Trinajstić information content (AvgIpc) is 3.37. The number of H-pyrrole nitrogens is 1. The maximum absolute atomic E-state index is 14.1.